The van der Waals surface area contributed by atoms with Crippen molar-refractivity contribution < 1.29 is 4.57 Å². The highest BCUT2D eigenvalue weighted by atomic mass is 35.5. The van der Waals surface area contributed by atoms with E-state index in [0.717, 1.165) is 19.6 Å². The van der Waals surface area contributed by atoms with Gasteiger partial charge in [-0.1, -0.05) is 24.3 Å². The highest BCUT2D eigenvalue weighted by molar-refractivity contribution is 6.18. The van der Waals surface area contributed by atoms with Crippen LogP contribution >= 0.6 is 23.2 Å². The van der Waals surface area contributed by atoms with E-state index in [2.05, 4.69) is 76.3 Å². The van der Waals surface area contributed by atoms with Gasteiger partial charge in [0.1, 0.15) is 0 Å². The van der Waals surface area contributed by atoms with Gasteiger partial charge in [-0.3, -0.25) is 0 Å². The molecule has 4 heteroatoms. The number of rotatable bonds is 7. The predicted molar refractivity (Wildman–Crippen MR) is 103 cm³/mol. The van der Waals surface area contributed by atoms with Crippen LogP contribution < -0.4 is 9.47 Å². The maximum Gasteiger partial charge on any atom is 0.212 e. The van der Waals surface area contributed by atoms with Crippen molar-refractivity contribution in [3.8, 4) is 0 Å². The van der Waals surface area contributed by atoms with Crippen LogP contribution in [-0.4, -0.2) is 24.8 Å². The van der Waals surface area contributed by atoms with Crippen LogP contribution in [0.2, 0.25) is 0 Å². The summed E-state index contributed by atoms with van der Waals surface area (Å²) in [4.78, 5) is 2.22. The minimum Gasteiger partial charge on any atom is -0.369 e. The van der Waals surface area contributed by atoms with Crippen LogP contribution in [0, 0.1) is 0 Å². The van der Waals surface area contributed by atoms with Gasteiger partial charge < -0.3 is 4.90 Å². The molecule has 0 amide bonds. The van der Waals surface area contributed by atoms with E-state index in [1.807, 2.05) is 0 Å². The Morgan fingerprint density at radius 2 is 1.46 bits per heavy atom. The number of anilines is 1. The summed E-state index contributed by atoms with van der Waals surface area (Å²) in [6.45, 7) is 2.48. The van der Waals surface area contributed by atoms with Gasteiger partial charge in [-0.2, -0.15) is 4.57 Å². The number of pyridine rings is 1. The second-order valence-corrected chi connectivity index (χ2v) is 6.48. The zero-order valence-corrected chi connectivity index (χ0v) is 15.0. The first-order valence-corrected chi connectivity index (χ1v) is 9.22. The third-order valence-corrected chi connectivity index (χ3v) is 4.49. The fourth-order valence-electron chi connectivity index (χ4n) is 2.94. The van der Waals surface area contributed by atoms with Crippen LogP contribution in [0.25, 0.3) is 10.9 Å². The van der Waals surface area contributed by atoms with E-state index in [-0.39, 0.29) is 0 Å². The smallest absolute Gasteiger partial charge is 0.212 e. The monoisotopic (exact) mass is 359 g/mol. The maximum atomic E-state index is 5.89. The standard InChI is InChI=1S/C20H21Cl2N2/c21-11-14-23(15-12-22)19-9-7-17(8-10-19)16-24-13-3-5-18-4-1-2-6-20(18)24/h1-10,13H,11-12,14-16H2/q+1. The highest BCUT2D eigenvalue weighted by Gasteiger charge is 2.10. The number of hydrogen-bond donors (Lipinski definition) is 0. The normalized spacial score (nSPS) is 10.9. The largest absolute Gasteiger partial charge is 0.369 e. The molecule has 1 aromatic heterocycles. The summed E-state index contributed by atoms with van der Waals surface area (Å²) < 4.78 is 2.28. The first-order chi connectivity index (χ1) is 11.8. The van der Waals surface area contributed by atoms with Crippen molar-refractivity contribution >= 4 is 39.8 Å². The van der Waals surface area contributed by atoms with Gasteiger partial charge in [0.2, 0.25) is 5.52 Å². The van der Waals surface area contributed by atoms with E-state index >= 15 is 0 Å². The molecule has 0 aliphatic heterocycles. The van der Waals surface area contributed by atoms with Crippen molar-refractivity contribution in [2.24, 2.45) is 0 Å². The molecule has 0 spiro atoms. The molecular weight excluding hydrogens is 339 g/mol. The third-order valence-electron chi connectivity index (χ3n) is 4.15. The Kier molecular flexibility index (Phi) is 5.95. The van der Waals surface area contributed by atoms with Gasteiger partial charge in [-0.25, -0.2) is 0 Å². The predicted octanol–water partition coefficient (Wildman–Crippen LogP) is 4.46. The minimum atomic E-state index is 0.602. The SMILES string of the molecule is ClCCN(CCCl)c1ccc(C[n+]2cccc3ccccc32)cc1. The van der Waals surface area contributed by atoms with E-state index in [1.165, 1.54) is 22.2 Å². The average Bonchev–Trinajstić information content (AvgIpc) is 2.63. The first kappa shape index (κ1) is 17.1. The van der Waals surface area contributed by atoms with Crippen LogP contribution in [0.4, 0.5) is 5.69 Å². The molecular formula is C20H21Cl2N2+. The Hall–Kier alpha value is -1.77. The molecule has 0 saturated carbocycles. The fourth-order valence-corrected chi connectivity index (χ4v) is 3.35. The summed E-state index contributed by atoms with van der Waals surface area (Å²) in [5, 5.41) is 1.26. The number of alkyl halides is 2. The maximum absolute atomic E-state index is 5.89. The Labute approximate surface area is 153 Å². The lowest BCUT2D eigenvalue weighted by Crippen LogP contribution is -2.34. The lowest BCUT2D eigenvalue weighted by Gasteiger charge is -2.22. The molecule has 1 heterocycles. The Balaban J connectivity index is 1.80. The summed E-state index contributed by atoms with van der Waals surface area (Å²) in [6.07, 6.45) is 2.13. The molecule has 3 rings (SSSR count). The van der Waals surface area contributed by atoms with E-state index in [0.29, 0.717) is 11.8 Å². The molecule has 2 nitrogen and oxygen atoms in total. The number of aromatic nitrogens is 1. The molecule has 124 valence electrons. The molecule has 0 aliphatic carbocycles. The topological polar surface area (TPSA) is 7.12 Å². The third kappa shape index (κ3) is 4.00. The molecule has 0 unspecified atom stereocenters. The van der Waals surface area contributed by atoms with Gasteiger partial charge in [-0.05, 0) is 24.3 Å². The second-order valence-electron chi connectivity index (χ2n) is 5.73. The molecule has 0 saturated heterocycles. The van der Waals surface area contributed by atoms with Crippen molar-refractivity contribution in [3.63, 3.8) is 0 Å². The summed E-state index contributed by atoms with van der Waals surface area (Å²) in [7, 11) is 0. The van der Waals surface area contributed by atoms with Crippen LogP contribution in [0.3, 0.4) is 0 Å². The lowest BCUT2D eigenvalue weighted by atomic mass is 10.1. The number of nitrogens with zero attached hydrogens (tertiary/aromatic N) is 2. The Morgan fingerprint density at radius 3 is 2.17 bits per heavy atom. The molecule has 24 heavy (non-hydrogen) atoms. The zero-order valence-electron chi connectivity index (χ0n) is 13.5. The number of fused-ring (bicyclic) bond motifs is 1. The number of benzene rings is 2. The van der Waals surface area contributed by atoms with E-state index < -0.39 is 0 Å². The Morgan fingerprint density at radius 1 is 0.792 bits per heavy atom. The average molecular weight is 360 g/mol. The van der Waals surface area contributed by atoms with Gasteiger partial charge in [0.25, 0.3) is 0 Å². The fraction of sp³-hybridized carbons (Fsp3) is 0.250. The van der Waals surface area contributed by atoms with Crippen molar-refractivity contribution in [2.75, 3.05) is 29.7 Å². The zero-order chi connectivity index (χ0) is 16.8. The van der Waals surface area contributed by atoms with Gasteiger partial charge >= 0.3 is 0 Å². The number of halogens is 2. The summed E-state index contributed by atoms with van der Waals surface area (Å²) >= 11 is 11.8. The summed E-state index contributed by atoms with van der Waals surface area (Å²) in [6, 6.07) is 21.4. The van der Waals surface area contributed by atoms with Crippen molar-refractivity contribution in [3.05, 3.63) is 72.4 Å². The van der Waals surface area contributed by atoms with Crippen molar-refractivity contribution in [1.82, 2.24) is 0 Å². The van der Waals surface area contributed by atoms with E-state index in [4.69, 9.17) is 23.2 Å². The van der Waals surface area contributed by atoms with E-state index in [1.54, 1.807) is 0 Å². The van der Waals surface area contributed by atoms with E-state index in [9.17, 15) is 0 Å². The van der Waals surface area contributed by atoms with Gasteiger partial charge in [0, 0.05) is 53.6 Å². The van der Waals surface area contributed by atoms with Gasteiger partial charge in [0.15, 0.2) is 12.7 Å². The number of para-hydroxylation sites is 1. The molecule has 3 aromatic rings. The minimum absolute atomic E-state index is 0.602. The Bertz CT molecular complexity index is 776. The van der Waals surface area contributed by atoms with Crippen LogP contribution in [0.5, 0.6) is 0 Å². The van der Waals surface area contributed by atoms with Crippen LogP contribution in [-0.2, 0) is 6.54 Å². The van der Waals surface area contributed by atoms with Crippen LogP contribution in [0.1, 0.15) is 5.56 Å². The first-order valence-electron chi connectivity index (χ1n) is 8.15. The van der Waals surface area contributed by atoms with Crippen LogP contribution in [0.15, 0.2) is 66.9 Å². The summed E-state index contributed by atoms with van der Waals surface area (Å²) in [5.41, 5.74) is 3.69. The quantitative estimate of drug-likeness (QED) is 0.446. The molecule has 0 N–H and O–H groups in total. The van der Waals surface area contributed by atoms with Gasteiger partial charge in [-0.15, -0.1) is 23.2 Å². The highest BCUT2D eigenvalue weighted by Crippen LogP contribution is 2.16. The van der Waals surface area contributed by atoms with Crippen molar-refractivity contribution in [2.45, 2.75) is 6.54 Å². The van der Waals surface area contributed by atoms with Gasteiger partial charge in [0.05, 0.1) is 0 Å². The lowest BCUT2D eigenvalue weighted by molar-refractivity contribution is -0.662. The summed E-state index contributed by atoms with van der Waals surface area (Å²) in [5.74, 6) is 1.20. The second kappa shape index (κ2) is 8.36. The molecule has 0 aliphatic rings. The van der Waals surface area contributed by atoms with Crippen molar-refractivity contribution in [1.29, 1.82) is 0 Å². The molecule has 0 atom stereocenters. The number of hydrogen-bond acceptors (Lipinski definition) is 1. The molecule has 2 aromatic carbocycles. The molecule has 0 bridgehead atoms. The molecule has 0 fully saturated rings. The molecule has 0 radical (unpaired) electrons.